The van der Waals surface area contributed by atoms with Crippen molar-refractivity contribution in [2.75, 3.05) is 6.54 Å². The van der Waals surface area contributed by atoms with Crippen molar-refractivity contribution in [1.29, 1.82) is 0 Å². The zero-order valence-corrected chi connectivity index (χ0v) is 11.1. The second-order valence-corrected chi connectivity index (χ2v) is 6.30. The number of nitrogens with zero attached hydrogens (tertiary/aromatic N) is 1. The van der Waals surface area contributed by atoms with Gasteiger partial charge in [-0.1, -0.05) is 6.92 Å². The zero-order valence-electron chi connectivity index (χ0n) is 8.74. The summed E-state index contributed by atoms with van der Waals surface area (Å²) in [7, 11) is 0. The molecule has 0 spiro atoms. The number of hydrogen-bond donors (Lipinski definition) is 1. The maximum Gasteiger partial charge on any atom is 0.0963 e. The Kier molecular flexibility index (Phi) is 4.05. The van der Waals surface area contributed by atoms with Crippen molar-refractivity contribution in [3.05, 3.63) is 22.8 Å². The van der Waals surface area contributed by atoms with Gasteiger partial charge in [0.2, 0.25) is 0 Å². The smallest absolute Gasteiger partial charge is 0.0963 e. The molecule has 2 nitrogen and oxygen atoms in total. The van der Waals surface area contributed by atoms with E-state index in [0.717, 1.165) is 22.1 Å². The first-order valence-electron chi connectivity index (χ1n) is 5.25. The van der Waals surface area contributed by atoms with Gasteiger partial charge in [-0.15, -0.1) is 11.8 Å². The average molecular weight is 287 g/mol. The van der Waals surface area contributed by atoms with E-state index < -0.39 is 0 Å². The first-order valence-corrected chi connectivity index (χ1v) is 6.93. The highest BCUT2D eigenvalue weighted by Crippen LogP contribution is 2.23. The fraction of sp³-hybridized carbons (Fsp3) is 0.545. The van der Waals surface area contributed by atoms with Crippen LogP contribution in [0.2, 0.25) is 0 Å². The van der Waals surface area contributed by atoms with E-state index in [1.807, 2.05) is 24.0 Å². The fourth-order valence-electron chi connectivity index (χ4n) is 1.30. The lowest BCUT2D eigenvalue weighted by Gasteiger charge is -2.11. The Morgan fingerprint density at radius 1 is 1.60 bits per heavy atom. The van der Waals surface area contributed by atoms with Crippen LogP contribution >= 0.6 is 27.7 Å². The predicted octanol–water partition coefficient (Wildman–Crippen LogP) is 3.08. The van der Waals surface area contributed by atoms with Crippen molar-refractivity contribution in [3.8, 4) is 0 Å². The summed E-state index contributed by atoms with van der Waals surface area (Å²) in [5.74, 6) is 0. The van der Waals surface area contributed by atoms with Gasteiger partial charge >= 0.3 is 0 Å². The van der Waals surface area contributed by atoms with Crippen LogP contribution in [0, 0.1) is 0 Å². The molecule has 0 radical (unpaired) electrons. The molecule has 0 aliphatic heterocycles. The molecule has 1 saturated carbocycles. The summed E-state index contributed by atoms with van der Waals surface area (Å²) in [6, 6.07) is 4.89. The van der Waals surface area contributed by atoms with E-state index in [0.29, 0.717) is 5.25 Å². The Hall–Kier alpha value is -0.0600. The predicted molar refractivity (Wildman–Crippen MR) is 68.3 cm³/mol. The van der Waals surface area contributed by atoms with E-state index in [1.165, 1.54) is 12.8 Å². The second-order valence-electron chi connectivity index (χ2n) is 3.93. The topological polar surface area (TPSA) is 24.9 Å². The van der Waals surface area contributed by atoms with Crippen LogP contribution in [0.1, 0.15) is 19.8 Å². The van der Waals surface area contributed by atoms with Crippen molar-refractivity contribution in [3.63, 3.8) is 0 Å². The van der Waals surface area contributed by atoms with Gasteiger partial charge in [-0.2, -0.15) is 0 Å². The largest absolute Gasteiger partial charge is 0.313 e. The first-order chi connectivity index (χ1) is 7.24. The molecule has 4 heteroatoms. The van der Waals surface area contributed by atoms with Crippen LogP contribution in [0.5, 0.6) is 0 Å². The van der Waals surface area contributed by atoms with Gasteiger partial charge in [0.15, 0.2) is 0 Å². The lowest BCUT2D eigenvalue weighted by atomic mass is 10.4. The third-order valence-corrected chi connectivity index (χ3v) is 3.81. The van der Waals surface area contributed by atoms with Crippen LogP contribution in [0.15, 0.2) is 27.8 Å². The summed E-state index contributed by atoms with van der Waals surface area (Å²) in [5.41, 5.74) is 0. The van der Waals surface area contributed by atoms with E-state index >= 15 is 0 Å². The number of rotatable bonds is 5. The number of nitrogens with one attached hydrogen (secondary N) is 1. The second kappa shape index (κ2) is 5.32. The first kappa shape index (κ1) is 11.4. The third kappa shape index (κ3) is 4.13. The highest BCUT2D eigenvalue weighted by Gasteiger charge is 2.21. The van der Waals surface area contributed by atoms with Crippen LogP contribution in [0.3, 0.4) is 0 Å². The molecular formula is C11H15BrN2S. The molecule has 1 fully saturated rings. The van der Waals surface area contributed by atoms with Gasteiger partial charge in [0.1, 0.15) is 0 Å². The van der Waals surface area contributed by atoms with Gasteiger partial charge in [0.05, 0.1) is 5.03 Å². The van der Waals surface area contributed by atoms with Gasteiger partial charge in [0, 0.05) is 28.5 Å². The van der Waals surface area contributed by atoms with Gasteiger partial charge in [0.25, 0.3) is 0 Å². The number of hydrogen-bond acceptors (Lipinski definition) is 3. The minimum atomic E-state index is 0.583. The molecule has 1 N–H and O–H groups in total. The van der Waals surface area contributed by atoms with Crippen molar-refractivity contribution >= 4 is 27.7 Å². The van der Waals surface area contributed by atoms with Crippen LogP contribution in [-0.2, 0) is 0 Å². The van der Waals surface area contributed by atoms with Gasteiger partial charge in [-0.25, -0.2) is 4.98 Å². The quantitative estimate of drug-likeness (QED) is 0.842. The average Bonchev–Trinajstić information content (AvgIpc) is 3.02. The minimum Gasteiger partial charge on any atom is -0.313 e. The summed E-state index contributed by atoms with van der Waals surface area (Å²) in [6.07, 6.45) is 4.56. The number of pyridine rings is 1. The normalized spacial score (nSPS) is 17.7. The summed E-state index contributed by atoms with van der Waals surface area (Å²) >= 11 is 5.21. The van der Waals surface area contributed by atoms with Crippen molar-refractivity contribution in [1.82, 2.24) is 10.3 Å². The molecule has 1 aliphatic rings. The van der Waals surface area contributed by atoms with E-state index in [9.17, 15) is 0 Å². The summed E-state index contributed by atoms with van der Waals surface area (Å²) in [4.78, 5) is 4.35. The van der Waals surface area contributed by atoms with Crippen molar-refractivity contribution in [2.45, 2.75) is 36.1 Å². The van der Waals surface area contributed by atoms with E-state index in [2.05, 4.69) is 39.2 Å². The van der Waals surface area contributed by atoms with Gasteiger partial charge in [-0.05, 0) is 40.9 Å². The van der Waals surface area contributed by atoms with Crippen LogP contribution in [0.25, 0.3) is 0 Å². The molecule has 1 atom stereocenters. The molecule has 2 rings (SSSR count). The SMILES string of the molecule is CC(CNC1CC1)Sc1ccc(Br)cn1. The van der Waals surface area contributed by atoms with Crippen LogP contribution in [0.4, 0.5) is 0 Å². The highest BCUT2D eigenvalue weighted by atomic mass is 79.9. The molecule has 15 heavy (non-hydrogen) atoms. The highest BCUT2D eigenvalue weighted by molar-refractivity contribution is 9.10. The minimum absolute atomic E-state index is 0.583. The summed E-state index contributed by atoms with van der Waals surface area (Å²) < 4.78 is 1.04. The summed E-state index contributed by atoms with van der Waals surface area (Å²) in [5, 5.41) is 5.21. The Balaban J connectivity index is 1.76. The number of thioether (sulfide) groups is 1. The Labute approximate surface area is 103 Å². The van der Waals surface area contributed by atoms with Gasteiger partial charge in [-0.3, -0.25) is 0 Å². The van der Waals surface area contributed by atoms with Gasteiger partial charge < -0.3 is 5.32 Å². The maximum atomic E-state index is 4.35. The molecular weight excluding hydrogens is 272 g/mol. The maximum absolute atomic E-state index is 4.35. The molecule has 82 valence electrons. The fourth-order valence-corrected chi connectivity index (χ4v) is 2.39. The Bertz CT molecular complexity index is 311. The van der Waals surface area contributed by atoms with Crippen molar-refractivity contribution in [2.24, 2.45) is 0 Å². The van der Waals surface area contributed by atoms with Crippen molar-refractivity contribution < 1.29 is 0 Å². The standard InChI is InChI=1S/C11H15BrN2S/c1-8(6-13-10-3-4-10)15-11-5-2-9(12)7-14-11/h2,5,7-8,10,13H,3-4,6H2,1H3. The monoisotopic (exact) mass is 286 g/mol. The zero-order chi connectivity index (χ0) is 10.7. The van der Waals surface area contributed by atoms with E-state index in [4.69, 9.17) is 0 Å². The molecule has 1 aliphatic carbocycles. The molecule has 1 aromatic rings. The Morgan fingerprint density at radius 3 is 3.00 bits per heavy atom. The van der Waals surface area contributed by atoms with Crippen LogP contribution < -0.4 is 5.32 Å². The lowest BCUT2D eigenvalue weighted by molar-refractivity contribution is 0.678. The molecule has 1 heterocycles. The third-order valence-electron chi connectivity index (χ3n) is 2.29. The molecule has 0 bridgehead atoms. The molecule has 1 unspecified atom stereocenters. The molecule has 0 saturated heterocycles. The molecule has 0 amide bonds. The van der Waals surface area contributed by atoms with E-state index in [-0.39, 0.29) is 0 Å². The lowest BCUT2D eigenvalue weighted by Crippen LogP contribution is -2.24. The number of aromatic nitrogens is 1. The van der Waals surface area contributed by atoms with Crippen LogP contribution in [-0.4, -0.2) is 22.8 Å². The summed E-state index contributed by atoms with van der Waals surface area (Å²) in [6.45, 7) is 3.32. The Morgan fingerprint density at radius 2 is 2.40 bits per heavy atom. The number of halogens is 1. The molecule has 1 aromatic heterocycles. The van der Waals surface area contributed by atoms with E-state index in [1.54, 1.807) is 0 Å². The molecule has 0 aromatic carbocycles.